The monoisotopic (exact) mass is 489 g/mol. The summed E-state index contributed by atoms with van der Waals surface area (Å²) in [5.41, 5.74) is 7.61. The summed E-state index contributed by atoms with van der Waals surface area (Å²) < 4.78 is 2.17. The first-order chi connectivity index (χ1) is 18.8. The highest BCUT2D eigenvalue weighted by Crippen LogP contribution is 2.39. The molecule has 38 heavy (non-hydrogen) atoms. The number of aromatic nitrogens is 3. The molecule has 0 saturated carbocycles. The van der Waals surface area contributed by atoms with Crippen LogP contribution in [0.15, 0.2) is 134 Å². The number of imidazole rings is 1. The van der Waals surface area contributed by atoms with Crippen molar-refractivity contribution in [2.75, 3.05) is 0 Å². The van der Waals surface area contributed by atoms with Gasteiger partial charge in [-0.1, -0.05) is 84.9 Å². The second-order valence-electron chi connectivity index (χ2n) is 9.26. The van der Waals surface area contributed by atoms with E-state index in [0.717, 1.165) is 49.9 Å². The van der Waals surface area contributed by atoms with E-state index in [2.05, 4.69) is 94.5 Å². The van der Waals surface area contributed by atoms with Crippen LogP contribution >= 0.6 is 0 Å². The van der Waals surface area contributed by atoms with Crippen molar-refractivity contribution in [3.05, 3.63) is 134 Å². The number of benzene rings is 5. The van der Waals surface area contributed by atoms with Crippen LogP contribution in [0.2, 0.25) is 0 Å². The van der Waals surface area contributed by atoms with Gasteiger partial charge in [0.05, 0.1) is 28.0 Å². The number of fused-ring (bicyclic) bond motifs is 2. The van der Waals surface area contributed by atoms with Crippen LogP contribution in [0.3, 0.4) is 0 Å². The van der Waals surface area contributed by atoms with Gasteiger partial charge in [-0.25, -0.2) is 4.98 Å². The summed E-state index contributed by atoms with van der Waals surface area (Å²) in [6.45, 7) is 0. The lowest BCUT2D eigenvalue weighted by molar-refractivity contribution is 0.477. The molecule has 0 bridgehead atoms. The maximum Gasteiger partial charge on any atom is 0.149 e. The molecule has 7 rings (SSSR count). The fraction of sp³-hybridized carbons (Fsp3) is 0. The van der Waals surface area contributed by atoms with Gasteiger partial charge in [-0.05, 0) is 53.4 Å². The van der Waals surface area contributed by atoms with Gasteiger partial charge in [0.25, 0.3) is 0 Å². The van der Waals surface area contributed by atoms with E-state index in [1.165, 1.54) is 0 Å². The summed E-state index contributed by atoms with van der Waals surface area (Å²) >= 11 is 0. The average molecular weight is 490 g/mol. The molecule has 0 fully saturated rings. The molecule has 0 atom stereocenters. The maximum atomic E-state index is 10.9. The fourth-order valence-electron chi connectivity index (χ4n) is 5.20. The third kappa shape index (κ3) is 3.62. The molecule has 5 aromatic carbocycles. The normalized spacial score (nSPS) is 11.3. The number of nitrogens with zero attached hydrogens (tertiary/aromatic N) is 3. The molecule has 4 heteroatoms. The van der Waals surface area contributed by atoms with Crippen LogP contribution in [0, 0.1) is 0 Å². The largest absolute Gasteiger partial charge is 0.507 e. The highest BCUT2D eigenvalue weighted by Gasteiger charge is 2.20. The second-order valence-corrected chi connectivity index (χ2v) is 9.26. The van der Waals surface area contributed by atoms with Crippen molar-refractivity contribution < 1.29 is 5.11 Å². The third-order valence-electron chi connectivity index (χ3n) is 6.97. The number of hydrogen-bond donors (Lipinski definition) is 1. The Morgan fingerprint density at radius 3 is 2.24 bits per heavy atom. The van der Waals surface area contributed by atoms with E-state index in [4.69, 9.17) is 4.98 Å². The Hall–Kier alpha value is -5.22. The van der Waals surface area contributed by atoms with Crippen LogP contribution in [-0.4, -0.2) is 19.6 Å². The van der Waals surface area contributed by atoms with Gasteiger partial charge in [0.2, 0.25) is 0 Å². The van der Waals surface area contributed by atoms with E-state index < -0.39 is 0 Å². The van der Waals surface area contributed by atoms with Gasteiger partial charge < -0.3 is 5.11 Å². The first-order valence-corrected chi connectivity index (χ1v) is 12.6. The van der Waals surface area contributed by atoms with Gasteiger partial charge in [-0.2, -0.15) is 0 Å². The van der Waals surface area contributed by atoms with Gasteiger partial charge in [-0.3, -0.25) is 9.55 Å². The summed E-state index contributed by atoms with van der Waals surface area (Å²) in [4.78, 5) is 9.73. The van der Waals surface area contributed by atoms with Crippen LogP contribution in [0.4, 0.5) is 0 Å². The van der Waals surface area contributed by atoms with Gasteiger partial charge in [0.15, 0.2) is 0 Å². The van der Waals surface area contributed by atoms with E-state index in [0.29, 0.717) is 11.4 Å². The smallest absolute Gasteiger partial charge is 0.149 e. The Morgan fingerprint density at radius 2 is 1.34 bits per heavy atom. The zero-order valence-electron chi connectivity index (χ0n) is 20.5. The Labute approximate surface area is 220 Å². The lowest BCUT2D eigenvalue weighted by Crippen LogP contribution is -1.99. The van der Waals surface area contributed by atoms with Gasteiger partial charge in [-0.15, -0.1) is 0 Å². The van der Waals surface area contributed by atoms with Crippen molar-refractivity contribution in [1.29, 1.82) is 0 Å². The summed E-state index contributed by atoms with van der Waals surface area (Å²) in [7, 11) is 0. The van der Waals surface area contributed by atoms with E-state index in [-0.39, 0.29) is 5.75 Å². The van der Waals surface area contributed by atoms with E-state index in [1.807, 2.05) is 42.6 Å². The Morgan fingerprint density at radius 1 is 0.605 bits per heavy atom. The first kappa shape index (κ1) is 22.0. The van der Waals surface area contributed by atoms with Crippen LogP contribution in [0.1, 0.15) is 0 Å². The molecule has 0 aliphatic rings. The summed E-state index contributed by atoms with van der Waals surface area (Å²) in [6.07, 6.45) is 1.81. The fourth-order valence-corrected chi connectivity index (χ4v) is 5.20. The molecule has 0 radical (unpaired) electrons. The number of phenols is 1. The summed E-state index contributed by atoms with van der Waals surface area (Å²) in [6, 6.07) is 42.7. The quantitative estimate of drug-likeness (QED) is 0.271. The van der Waals surface area contributed by atoms with Crippen molar-refractivity contribution in [2.24, 2.45) is 0 Å². The molecule has 0 unspecified atom stereocenters. The lowest BCUT2D eigenvalue weighted by atomic mass is 10.00. The maximum absolute atomic E-state index is 10.9. The van der Waals surface area contributed by atoms with Crippen molar-refractivity contribution in [3.63, 3.8) is 0 Å². The molecule has 0 saturated heterocycles. The van der Waals surface area contributed by atoms with Crippen LogP contribution in [0.5, 0.6) is 5.75 Å². The predicted octanol–water partition coefficient (Wildman–Crippen LogP) is 8.28. The highest BCUT2D eigenvalue weighted by atomic mass is 16.3. The van der Waals surface area contributed by atoms with Gasteiger partial charge in [0, 0.05) is 22.7 Å². The molecule has 0 aliphatic heterocycles. The molecule has 2 aromatic heterocycles. The van der Waals surface area contributed by atoms with Crippen molar-refractivity contribution >= 4 is 21.8 Å². The Kier molecular flexibility index (Phi) is 5.22. The highest BCUT2D eigenvalue weighted by molar-refractivity contribution is 5.99. The minimum atomic E-state index is 0.197. The second kappa shape index (κ2) is 9.02. The molecule has 0 aliphatic carbocycles. The predicted molar refractivity (Wildman–Crippen MR) is 154 cm³/mol. The van der Waals surface area contributed by atoms with Crippen molar-refractivity contribution in [2.45, 2.75) is 0 Å². The Bertz CT molecular complexity index is 1930. The first-order valence-electron chi connectivity index (χ1n) is 12.6. The van der Waals surface area contributed by atoms with Crippen molar-refractivity contribution in [1.82, 2.24) is 14.5 Å². The van der Waals surface area contributed by atoms with Gasteiger partial charge >= 0.3 is 0 Å². The van der Waals surface area contributed by atoms with E-state index in [9.17, 15) is 5.11 Å². The molecular weight excluding hydrogens is 466 g/mol. The van der Waals surface area contributed by atoms with Crippen LogP contribution < -0.4 is 0 Å². The van der Waals surface area contributed by atoms with E-state index in [1.54, 1.807) is 6.07 Å². The lowest BCUT2D eigenvalue weighted by Gasteiger charge is -2.13. The molecule has 7 aromatic rings. The molecule has 2 heterocycles. The average Bonchev–Trinajstić information content (AvgIpc) is 3.37. The number of pyridine rings is 1. The van der Waals surface area contributed by atoms with Crippen LogP contribution in [-0.2, 0) is 0 Å². The van der Waals surface area contributed by atoms with E-state index >= 15 is 0 Å². The molecule has 1 N–H and O–H groups in total. The number of aromatic hydroxyl groups is 1. The zero-order valence-corrected chi connectivity index (χ0v) is 20.5. The summed E-state index contributed by atoms with van der Waals surface area (Å²) in [5.74, 6) is 0.894. The summed E-state index contributed by atoms with van der Waals surface area (Å²) in [5, 5.41) is 13.1. The molecular formula is C34H23N3O. The minimum absolute atomic E-state index is 0.197. The number of rotatable bonds is 4. The molecule has 0 spiro atoms. The standard InChI is InChI=1S/C34H23N3O/c38-32-20-4-3-15-28(32)34-36-33-27(24-12-7-13-25(22-24)29-17-5-6-21-35-29)16-9-19-31(33)37(34)30-18-8-11-23-10-1-2-14-26(23)30/h1-22,38H. The third-order valence-corrected chi connectivity index (χ3v) is 6.97. The van der Waals surface area contributed by atoms with Crippen LogP contribution in [0.25, 0.3) is 61.3 Å². The number of hydrogen-bond acceptors (Lipinski definition) is 3. The van der Waals surface area contributed by atoms with Gasteiger partial charge in [0.1, 0.15) is 11.6 Å². The minimum Gasteiger partial charge on any atom is -0.507 e. The molecule has 4 nitrogen and oxygen atoms in total. The topological polar surface area (TPSA) is 50.9 Å². The number of phenolic OH excluding ortho intramolecular Hbond substituents is 1. The SMILES string of the molecule is Oc1ccccc1-c1nc2c(-c3cccc(-c4ccccn4)c3)cccc2n1-c1cccc2ccccc12. The van der Waals surface area contributed by atoms with Crippen molar-refractivity contribution in [3.8, 4) is 45.2 Å². The molecule has 180 valence electrons. The zero-order chi connectivity index (χ0) is 25.5. The molecule has 0 amide bonds. The number of para-hydroxylation sites is 2. The Balaban J connectivity index is 1.53.